The molecule has 0 radical (unpaired) electrons. The van der Waals surface area contributed by atoms with Crippen molar-refractivity contribution in [3.63, 3.8) is 0 Å². The smallest absolute Gasteiger partial charge is 0.280 e. The van der Waals surface area contributed by atoms with Gasteiger partial charge in [-0.15, -0.1) is 0 Å². The van der Waals surface area contributed by atoms with E-state index in [0.717, 1.165) is 11.1 Å². The Hall–Kier alpha value is -1.70. The Kier molecular flexibility index (Phi) is 2.70. The summed E-state index contributed by atoms with van der Waals surface area (Å²) in [6.07, 6.45) is -2.51. The fourth-order valence-electron chi connectivity index (χ4n) is 2.53. The van der Waals surface area contributed by atoms with Crippen LogP contribution in [0.5, 0.6) is 5.75 Å². The van der Waals surface area contributed by atoms with Crippen molar-refractivity contribution < 1.29 is 29.3 Å². The van der Waals surface area contributed by atoms with Gasteiger partial charge in [0.2, 0.25) is 0 Å². The van der Waals surface area contributed by atoms with E-state index in [-0.39, 0.29) is 5.56 Å². The molecule has 3 N–H and O–H groups in total. The van der Waals surface area contributed by atoms with Crippen molar-refractivity contribution in [3.8, 4) is 5.75 Å². The first-order valence-corrected chi connectivity index (χ1v) is 5.84. The van der Waals surface area contributed by atoms with Gasteiger partial charge in [-0.1, -0.05) is 6.07 Å². The lowest BCUT2D eigenvalue weighted by Gasteiger charge is -2.32. The van der Waals surface area contributed by atoms with Crippen molar-refractivity contribution in [2.24, 2.45) is 0 Å². The second-order valence-corrected chi connectivity index (χ2v) is 4.70. The molecule has 1 aliphatic carbocycles. The molecule has 6 nitrogen and oxygen atoms in total. The lowest BCUT2D eigenvalue weighted by Crippen LogP contribution is -2.50. The lowest BCUT2D eigenvalue weighted by atomic mass is 10.1. The highest BCUT2D eigenvalue weighted by molar-refractivity contribution is 5.94. The number of hydrogen-bond acceptors (Lipinski definition) is 5. The van der Waals surface area contributed by atoms with Crippen LogP contribution >= 0.6 is 0 Å². The average molecular weight is 269 g/mol. The third-order valence-electron chi connectivity index (χ3n) is 3.56. The Morgan fingerprint density at radius 1 is 1.37 bits per heavy atom. The highest BCUT2D eigenvalue weighted by Gasteiger charge is 2.54. The van der Waals surface area contributed by atoms with Gasteiger partial charge >= 0.3 is 0 Å². The number of hydrogen-bond donors (Lipinski definition) is 3. The zero-order valence-corrected chi connectivity index (χ0v) is 9.73. The largest absolute Gasteiger partial charge is 0.505 e. The summed E-state index contributed by atoms with van der Waals surface area (Å²) in [5.74, 6) is -2.45. The van der Waals surface area contributed by atoms with Crippen molar-refractivity contribution in [3.05, 3.63) is 29.6 Å². The number of carbonyl (C=O) groups is 1. The highest BCUT2D eigenvalue weighted by atomic mass is 19.1. The first-order chi connectivity index (χ1) is 9.00. The number of benzene rings is 1. The van der Waals surface area contributed by atoms with Gasteiger partial charge < -0.3 is 15.3 Å². The van der Waals surface area contributed by atoms with Crippen LogP contribution in [0.15, 0.2) is 18.2 Å². The monoisotopic (exact) mass is 269 g/mol. The van der Waals surface area contributed by atoms with E-state index in [1.54, 1.807) is 0 Å². The molecular weight excluding hydrogens is 257 g/mol. The van der Waals surface area contributed by atoms with E-state index in [1.165, 1.54) is 12.1 Å². The molecule has 7 heteroatoms. The minimum absolute atomic E-state index is 0.300. The summed E-state index contributed by atoms with van der Waals surface area (Å²) < 4.78 is 13.7. The molecule has 4 atom stereocenters. The number of fused-ring (bicyclic) bond motifs is 2. The normalized spacial score (nSPS) is 32.9. The van der Waals surface area contributed by atoms with Crippen LogP contribution in [0.1, 0.15) is 16.8 Å². The number of phenolic OH excluding ortho intramolecular Hbond substituents is 1. The Morgan fingerprint density at radius 2 is 2.11 bits per heavy atom. The standard InChI is InChI=1S/C12H12FNO5/c13-9-5(2-1-3-7(9)15)12(18)14-6-4-8(19-14)11(17)10(6)16/h1-3,6,8,10-11,15-17H,4H2/t6-,8+,10+,11-/m0/s1. The average Bonchev–Trinajstić information content (AvgIpc) is 2.93. The van der Waals surface area contributed by atoms with Gasteiger partial charge in [-0.05, 0) is 12.1 Å². The number of hydroxylamine groups is 2. The Morgan fingerprint density at radius 3 is 2.74 bits per heavy atom. The molecule has 3 rings (SSSR count). The third-order valence-corrected chi connectivity index (χ3v) is 3.56. The number of aromatic hydroxyl groups is 1. The predicted molar refractivity (Wildman–Crippen MR) is 59.5 cm³/mol. The quantitative estimate of drug-likeness (QED) is 0.656. The first-order valence-electron chi connectivity index (χ1n) is 5.84. The number of carbonyl (C=O) groups excluding carboxylic acids is 1. The number of halogens is 1. The van der Waals surface area contributed by atoms with Crippen LogP contribution < -0.4 is 0 Å². The molecule has 1 aromatic carbocycles. The molecule has 102 valence electrons. The van der Waals surface area contributed by atoms with Crippen LogP contribution in [0.3, 0.4) is 0 Å². The molecule has 0 spiro atoms. The van der Waals surface area contributed by atoms with Crippen molar-refractivity contribution in [1.29, 1.82) is 0 Å². The maximum Gasteiger partial charge on any atom is 0.280 e. The van der Waals surface area contributed by atoms with Gasteiger partial charge in [0.25, 0.3) is 5.91 Å². The maximum atomic E-state index is 13.7. The molecule has 1 saturated heterocycles. The van der Waals surface area contributed by atoms with E-state index in [4.69, 9.17) is 4.84 Å². The Bertz CT molecular complexity index is 535. The van der Waals surface area contributed by atoms with E-state index in [1.807, 2.05) is 0 Å². The van der Waals surface area contributed by atoms with E-state index < -0.39 is 41.8 Å². The summed E-state index contributed by atoms with van der Waals surface area (Å²) in [4.78, 5) is 17.3. The van der Waals surface area contributed by atoms with Crippen molar-refractivity contribution in [2.45, 2.75) is 30.8 Å². The molecule has 1 amide bonds. The predicted octanol–water partition coefficient (Wildman–Crippen LogP) is -0.219. The fraction of sp³-hybridized carbons (Fsp3) is 0.417. The van der Waals surface area contributed by atoms with Crippen LogP contribution in [-0.2, 0) is 4.84 Å². The fourth-order valence-corrected chi connectivity index (χ4v) is 2.53. The molecule has 2 bridgehead atoms. The third kappa shape index (κ3) is 1.70. The van der Waals surface area contributed by atoms with Gasteiger partial charge in [0.15, 0.2) is 11.6 Å². The molecule has 1 saturated carbocycles. The summed E-state index contributed by atoms with van der Waals surface area (Å²) in [5, 5.41) is 29.4. The van der Waals surface area contributed by atoms with Crippen molar-refractivity contribution in [1.82, 2.24) is 5.06 Å². The number of amides is 1. The molecule has 19 heavy (non-hydrogen) atoms. The molecule has 2 fully saturated rings. The van der Waals surface area contributed by atoms with Crippen LogP contribution in [0.25, 0.3) is 0 Å². The van der Waals surface area contributed by atoms with Crippen molar-refractivity contribution >= 4 is 5.91 Å². The zero-order chi connectivity index (χ0) is 13.7. The first kappa shape index (κ1) is 12.3. The minimum atomic E-state index is -1.11. The van der Waals surface area contributed by atoms with Gasteiger partial charge in [0.05, 0.1) is 11.6 Å². The number of aliphatic hydroxyl groups is 2. The van der Waals surface area contributed by atoms with Gasteiger partial charge in [-0.25, -0.2) is 9.45 Å². The van der Waals surface area contributed by atoms with Gasteiger partial charge in [-0.2, -0.15) is 0 Å². The number of nitrogens with zero attached hydrogens (tertiary/aromatic N) is 1. The number of aliphatic hydroxyl groups excluding tert-OH is 2. The van der Waals surface area contributed by atoms with Crippen LogP contribution in [-0.4, -0.2) is 50.6 Å². The second-order valence-electron chi connectivity index (χ2n) is 4.70. The topological polar surface area (TPSA) is 90.2 Å². The summed E-state index contributed by atoms with van der Waals surface area (Å²) in [5.41, 5.74) is -0.339. The van der Waals surface area contributed by atoms with Crippen LogP contribution in [0.4, 0.5) is 4.39 Å². The van der Waals surface area contributed by atoms with Crippen LogP contribution in [0, 0.1) is 5.82 Å². The summed E-state index contributed by atoms with van der Waals surface area (Å²) in [6.45, 7) is 0. The Balaban J connectivity index is 1.88. The maximum absolute atomic E-state index is 13.7. The Labute approximate surface area is 107 Å². The van der Waals surface area contributed by atoms with E-state index >= 15 is 0 Å². The second kappa shape index (κ2) is 4.16. The number of rotatable bonds is 1. The van der Waals surface area contributed by atoms with Crippen molar-refractivity contribution in [2.75, 3.05) is 0 Å². The SMILES string of the molecule is O=C(c1cccc(O)c1F)N1O[C@@H]2C[C@H]1[C@@H](O)[C@H]2O. The molecule has 0 unspecified atom stereocenters. The van der Waals surface area contributed by atoms with Gasteiger partial charge in [0.1, 0.15) is 18.3 Å². The van der Waals surface area contributed by atoms with E-state index in [0.29, 0.717) is 6.42 Å². The molecular formula is C12H12FNO5. The molecule has 1 aromatic rings. The van der Waals surface area contributed by atoms with Crippen LogP contribution in [0.2, 0.25) is 0 Å². The lowest BCUT2D eigenvalue weighted by molar-refractivity contribution is -0.216. The molecule has 2 aliphatic rings. The van der Waals surface area contributed by atoms with E-state index in [2.05, 4.69) is 0 Å². The van der Waals surface area contributed by atoms with E-state index in [9.17, 15) is 24.5 Å². The summed E-state index contributed by atoms with van der Waals surface area (Å²) in [6, 6.07) is 2.98. The number of phenols is 1. The molecule has 1 aliphatic heterocycles. The van der Waals surface area contributed by atoms with Gasteiger partial charge in [-0.3, -0.25) is 9.63 Å². The molecule has 1 heterocycles. The zero-order valence-electron chi connectivity index (χ0n) is 9.73. The molecule has 0 aromatic heterocycles. The van der Waals surface area contributed by atoms with Gasteiger partial charge in [0, 0.05) is 6.42 Å². The summed E-state index contributed by atoms with van der Waals surface area (Å²) >= 11 is 0. The minimum Gasteiger partial charge on any atom is -0.505 e. The highest BCUT2D eigenvalue weighted by Crippen LogP contribution is 2.37. The summed E-state index contributed by atoms with van der Waals surface area (Å²) in [7, 11) is 0.